The number of nitrogens with one attached hydrogen (secondary N) is 2. The average molecular weight is 497 g/mol. The van der Waals surface area contributed by atoms with Crippen LogP contribution in [0.3, 0.4) is 0 Å². The molecule has 0 aliphatic carbocycles. The number of nitrogens with zero attached hydrogens (tertiary/aromatic N) is 1. The number of anilines is 1. The number of benzene rings is 2. The highest BCUT2D eigenvalue weighted by Crippen LogP contribution is 2.54. The number of aryl methyl sites for hydroxylation is 1. The summed E-state index contributed by atoms with van der Waals surface area (Å²) in [6.45, 7) is 1.88. The molecule has 2 aromatic rings. The van der Waals surface area contributed by atoms with Crippen LogP contribution in [0.25, 0.3) is 0 Å². The van der Waals surface area contributed by atoms with E-state index in [1.807, 2.05) is 6.92 Å². The van der Waals surface area contributed by atoms with Gasteiger partial charge in [-0.05, 0) is 48.7 Å². The number of imide groups is 1. The van der Waals surface area contributed by atoms with Crippen molar-refractivity contribution in [2.45, 2.75) is 37.9 Å². The molecule has 2 fully saturated rings. The molecule has 5 rings (SSSR count). The van der Waals surface area contributed by atoms with Crippen molar-refractivity contribution in [3.63, 3.8) is 0 Å². The second kappa shape index (κ2) is 8.35. The zero-order valence-corrected chi connectivity index (χ0v) is 20.0. The second-order valence-electron chi connectivity index (χ2n) is 9.28. The van der Waals surface area contributed by atoms with Crippen LogP contribution in [0, 0.1) is 18.8 Å². The number of amides is 4. The van der Waals surface area contributed by atoms with Gasteiger partial charge in [-0.25, -0.2) is 0 Å². The number of methoxy groups -OCH3 is 1. The average Bonchev–Trinajstić information content (AvgIpc) is 3.39. The molecule has 0 unspecified atom stereocenters. The first kappa shape index (κ1) is 23.3. The standard InChI is InChI=1S/C25H25ClN4O5/c1-12-9-14(26)10-16-21(12)28-24(34)25(16)20-19(17(29-25)7-8-18(27)31)22(32)30(23(20)33)11-13-3-5-15(35-2)6-4-13/h3-6,9-10,17,19-20,29H,7-8,11H2,1-2H3,(H2,27,31)(H,28,34)/t17-,19+,20-,25+/m0/s1. The summed E-state index contributed by atoms with van der Waals surface area (Å²) < 4.78 is 5.18. The van der Waals surface area contributed by atoms with E-state index in [1.54, 1.807) is 43.5 Å². The molecule has 3 heterocycles. The van der Waals surface area contributed by atoms with Crippen molar-refractivity contribution in [2.75, 3.05) is 12.4 Å². The molecule has 35 heavy (non-hydrogen) atoms. The molecule has 2 saturated heterocycles. The molecule has 3 aliphatic heterocycles. The molecule has 4 atom stereocenters. The van der Waals surface area contributed by atoms with Crippen molar-refractivity contribution in [2.24, 2.45) is 17.6 Å². The Labute approximate surface area is 206 Å². The van der Waals surface area contributed by atoms with Crippen LogP contribution in [-0.2, 0) is 31.3 Å². The highest BCUT2D eigenvalue weighted by Gasteiger charge is 2.70. The summed E-state index contributed by atoms with van der Waals surface area (Å²) in [7, 11) is 1.56. The van der Waals surface area contributed by atoms with E-state index >= 15 is 0 Å². The first-order valence-electron chi connectivity index (χ1n) is 11.3. The monoisotopic (exact) mass is 496 g/mol. The zero-order valence-electron chi connectivity index (χ0n) is 19.3. The highest BCUT2D eigenvalue weighted by atomic mass is 35.5. The third-order valence-electron chi connectivity index (χ3n) is 7.28. The van der Waals surface area contributed by atoms with Crippen molar-refractivity contribution in [1.82, 2.24) is 10.2 Å². The minimum absolute atomic E-state index is 0.0139. The van der Waals surface area contributed by atoms with Gasteiger partial charge in [-0.15, -0.1) is 0 Å². The number of halogens is 1. The second-order valence-corrected chi connectivity index (χ2v) is 9.71. The molecule has 1 spiro atoms. The van der Waals surface area contributed by atoms with Gasteiger partial charge in [-0.1, -0.05) is 23.7 Å². The van der Waals surface area contributed by atoms with E-state index in [1.165, 1.54) is 4.90 Å². The van der Waals surface area contributed by atoms with E-state index in [0.717, 1.165) is 11.1 Å². The van der Waals surface area contributed by atoms with Gasteiger partial charge in [0.25, 0.3) is 0 Å². The molecule has 0 bridgehead atoms. The van der Waals surface area contributed by atoms with Crippen molar-refractivity contribution in [1.29, 1.82) is 0 Å². The van der Waals surface area contributed by atoms with E-state index < -0.39 is 41.1 Å². The first-order chi connectivity index (χ1) is 16.7. The van der Waals surface area contributed by atoms with Gasteiger partial charge in [-0.3, -0.25) is 29.4 Å². The van der Waals surface area contributed by atoms with Gasteiger partial charge in [0.1, 0.15) is 11.3 Å². The van der Waals surface area contributed by atoms with Crippen molar-refractivity contribution >= 4 is 40.9 Å². The normalized spacial score (nSPS) is 26.8. The van der Waals surface area contributed by atoms with Gasteiger partial charge in [0, 0.05) is 28.7 Å². The Kier molecular flexibility index (Phi) is 5.56. The molecular weight excluding hydrogens is 472 g/mol. The van der Waals surface area contributed by atoms with Gasteiger partial charge in [-0.2, -0.15) is 0 Å². The Bertz CT molecular complexity index is 1260. The molecule has 182 valence electrons. The number of carbonyl (C=O) groups is 4. The zero-order chi connectivity index (χ0) is 25.1. The number of carbonyl (C=O) groups excluding carboxylic acids is 4. The Morgan fingerprint density at radius 1 is 1.17 bits per heavy atom. The maximum Gasteiger partial charge on any atom is 0.250 e. The van der Waals surface area contributed by atoms with Gasteiger partial charge in [0.05, 0.1) is 25.5 Å². The number of nitrogens with two attached hydrogens (primary N) is 1. The smallest absolute Gasteiger partial charge is 0.250 e. The molecule has 10 heteroatoms. The molecule has 0 aromatic heterocycles. The summed E-state index contributed by atoms with van der Waals surface area (Å²) in [6, 6.07) is 9.87. The fourth-order valence-electron chi connectivity index (χ4n) is 5.71. The molecule has 4 amide bonds. The number of hydrogen-bond acceptors (Lipinski definition) is 6. The topological polar surface area (TPSA) is 131 Å². The number of fused-ring (bicyclic) bond motifs is 4. The molecule has 4 N–H and O–H groups in total. The predicted octanol–water partition coefficient (Wildman–Crippen LogP) is 1.84. The lowest BCUT2D eigenvalue weighted by Crippen LogP contribution is -2.53. The molecular formula is C25H25ClN4O5. The Hall–Kier alpha value is -3.43. The number of hydrogen-bond donors (Lipinski definition) is 3. The summed E-state index contributed by atoms with van der Waals surface area (Å²) in [5.41, 5.74) is 6.52. The van der Waals surface area contributed by atoms with Crippen LogP contribution in [0.1, 0.15) is 29.5 Å². The van der Waals surface area contributed by atoms with E-state index in [9.17, 15) is 19.2 Å². The molecule has 3 aliphatic rings. The van der Waals surface area contributed by atoms with Crippen molar-refractivity contribution in [3.8, 4) is 5.75 Å². The first-order valence-corrected chi connectivity index (χ1v) is 11.7. The number of primary amides is 1. The fraction of sp³-hybridized carbons (Fsp3) is 0.360. The summed E-state index contributed by atoms with van der Waals surface area (Å²) in [5.74, 6) is -2.90. The lowest BCUT2D eigenvalue weighted by molar-refractivity contribution is -0.143. The summed E-state index contributed by atoms with van der Waals surface area (Å²) in [6.07, 6.45) is 0.232. The molecule has 2 aromatic carbocycles. The third kappa shape index (κ3) is 3.49. The fourth-order valence-corrected chi connectivity index (χ4v) is 5.98. The predicted molar refractivity (Wildman–Crippen MR) is 127 cm³/mol. The van der Waals surface area contributed by atoms with Crippen LogP contribution in [0.2, 0.25) is 5.02 Å². The maximum atomic E-state index is 13.8. The Morgan fingerprint density at radius 2 is 1.89 bits per heavy atom. The number of likely N-dealkylation sites (tertiary alicyclic amines) is 1. The Morgan fingerprint density at radius 3 is 2.54 bits per heavy atom. The summed E-state index contributed by atoms with van der Waals surface area (Å²) in [4.78, 5) is 53.7. The van der Waals surface area contributed by atoms with Gasteiger partial charge in [0.2, 0.25) is 23.6 Å². The van der Waals surface area contributed by atoms with Crippen molar-refractivity contribution in [3.05, 3.63) is 58.1 Å². The SMILES string of the molecule is COc1ccc(CN2C(=O)[C@@H]3[C@H](CCC(N)=O)N[C@@]4(C(=O)Nc5c(C)cc(Cl)cc54)[C@@H]3C2=O)cc1. The Balaban J connectivity index is 1.58. The summed E-state index contributed by atoms with van der Waals surface area (Å²) in [5, 5.41) is 6.59. The van der Waals surface area contributed by atoms with Crippen LogP contribution in [0.4, 0.5) is 5.69 Å². The van der Waals surface area contributed by atoms with Crippen LogP contribution >= 0.6 is 11.6 Å². The van der Waals surface area contributed by atoms with Gasteiger partial charge < -0.3 is 15.8 Å². The molecule has 0 saturated carbocycles. The largest absolute Gasteiger partial charge is 0.497 e. The van der Waals surface area contributed by atoms with Gasteiger partial charge in [0.15, 0.2) is 0 Å². The third-order valence-corrected chi connectivity index (χ3v) is 7.50. The van der Waals surface area contributed by atoms with E-state index in [0.29, 0.717) is 22.0 Å². The number of rotatable bonds is 6. The molecule has 9 nitrogen and oxygen atoms in total. The number of ether oxygens (including phenoxy) is 1. The minimum atomic E-state index is -1.47. The van der Waals surface area contributed by atoms with Gasteiger partial charge >= 0.3 is 0 Å². The lowest BCUT2D eigenvalue weighted by Gasteiger charge is -2.29. The highest BCUT2D eigenvalue weighted by molar-refractivity contribution is 6.31. The molecule has 0 radical (unpaired) electrons. The minimum Gasteiger partial charge on any atom is -0.497 e. The quantitative estimate of drug-likeness (QED) is 0.523. The van der Waals surface area contributed by atoms with E-state index in [-0.39, 0.29) is 25.3 Å². The van der Waals surface area contributed by atoms with Crippen molar-refractivity contribution < 1.29 is 23.9 Å². The van der Waals surface area contributed by atoms with Crippen LogP contribution in [-0.4, -0.2) is 41.7 Å². The van der Waals surface area contributed by atoms with Crippen LogP contribution in [0.15, 0.2) is 36.4 Å². The van der Waals surface area contributed by atoms with E-state index in [4.69, 9.17) is 22.1 Å². The van der Waals surface area contributed by atoms with Crippen LogP contribution in [0.5, 0.6) is 5.75 Å². The van der Waals surface area contributed by atoms with Crippen LogP contribution < -0.4 is 21.1 Å². The summed E-state index contributed by atoms with van der Waals surface area (Å²) >= 11 is 6.35. The lowest BCUT2D eigenvalue weighted by atomic mass is 9.76. The maximum absolute atomic E-state index is 13.8. The van der Waals surface area contributed by atoms with E-state index in [2.05, 4.69) is 10.6 Å².